The molecule has 154 valence electrons. The molecule has 2 heterocycles. The highest BCUT2D eigenvalue weighted by Gasteiger charge is 2.27. The molecule has 0 atom stereocenters. The molecule has 5 nitrogen and oxygen atoms in total. The average molecular weight is 409 g/mol. The summed E-state index contributed by atoms with van der Waals surface area (Å²) in [4.78, 5) is 7.15. The molecule has 3 N–H and O–H groups in total. The Hall–Kier alpha value is -3.99. The molecule has 5 rings (SSSR count). The SMILES string of the molecule is Oc1ccc(CC2=NC3=C(Cc4ccccc4)NC(c4ccc(O)cc4)=CN3C2)cc1. The summed E-state index contributed by atoms with van der Waals surface area (Å²) in [5, 5.41) is 22.8. The van der Waals surface area contributed by atoms with Crippen LogP contribution in [0.15, 0.2) is 102 Å². The molecule has 3 aromatic rings. The molecule has 3 aromatic carbocycles. The van der Waals surface area contributed by atoms with Crippen LogP contribution in [0.4, 0.5) is 0 Å². The maximum atomic E-state index is 9.65. The molecule has 2 aliphatic rings. The van der Waals surface area contributed by atoms with Gasteiger partial charge in [-0.3, -0.25) is 0 Å². The smallest absolute Gasteiger partial charge is 0.152 e. The van der Waals surface area contributed by atoms with E-state index in [1.54, 1.807) is 24.3 Å². The lowest BCUT2D eigenvalue weighted by Crippen LogP contribution is -2.29. The summed E-state index contributed by atoms with van der Waals surface area (Å²) in [5.74, 6) is 1.47. The van der Waals surface area contributed by atoms with Crippen molar-refractivity contribution in [2.45, 2.75) is 12.8 Å². The summed E-state index contributed by atoms with van der Waals surface area (Å²) < 4.78 is 0. The van der Waals surface area contributed by atoms with Crippen LogP contribution in [-0.2, 0) is 12.8 Å². The van der Waals surface area contributed by atoms with Crippen molar-refractivity contribution in [2.24, 2.45) is 4.99 Å². The van der Waals surface area contributed by atoms with Gasteiger partial charge in [-0.2, -0.15) is 0 Å². The molecule has 31 heavy (non-hydrogen) atoms. The first-order chi connectivity index (χ1) is 15.1. The van der Waals surface area contributed by atoms with Crippen molar-refractivity contribution in [2.75, 3.05) is 6.54 Å². The number of rotatable bonds is 5. The summed E-state index contributed by atoms with van der Waals surface area (Å²) in [7, 11) is 0. The van der Waals surface area contributed by atoms with Gasteiger partial charge in [0.15, 0.2) is 5.82 Å². The van der Waals surface area contributed by atoms with Gasteiger partial charge in [0.25, 0.3) is 0 Å². The van der Waals surface area contributed by atoms with Gasteiger partial charge in [-0.15, -0.1) is 0 Å². The number of hydrogen-bond donors (Lipinski definition) is 3. The Morgan fingerprint density at radius 3 is 2.13 bits per heavy atom. The third kappa shape index (κ3) is 4.16. The number of phenolic OH excluding ortho intramolecular Hbond substituents is 2. The van der Waals surface area contributed by atoms with Gasteiger partial charge in [0.05, 0.1) is 17.9 Å². The van der Waals surface area contributed by atoms with E-state index in [2.05, 4.69) is 28.5 Å². The number of aliphatic imine (C=N–C) groups is 1. The van der Waals surface area contributed by atoms with E-state index in [1.165, 1.54) is 5.56 Å². The van der Waals surface area contributed by atoms with Crippen molar-refractivity contribution in [3.05, 3.63) is 113 Å². The van der Waals surface area contributed by atoms with Gasteiger partial charge in [-0.25, -0.2) is 4.99 Å². The maximum absolute atomic E-state index is 9.65. The highest BCUT2D eigenvalue weighted by molar-refractivity contribution is 5.92. The van der Waals surface area contributed by atoms with Gasteiger partial charge in [0.1, 0.15) is 11.5 Å². The standard InChI is InChI=1S/C26H23N3O2/c30-22-10-6-19(7-11-22)14-21-16-29-17-25(20-8-12-23(31)13-9-20)28-24(26(29)27-21)15-18-4-2-1-3-5-18/h1-13,17,28,30-31H,14-16H2. The molecule has 0 saturated carbocycles. The van der Waals surface area contributed by atoms with Crippen LogP contribution in [0.1, 0.15) is 16.7 Å². The molecule has 0 aromatic heterocycles. The van der Waals surface area contributed by atoms with Gasteiger partial charge in [0.2, 0.25) is 0 Å². The second-order valence-electron chi connectivity index (χ2n) is 7.83. The van der Waals surface area contributed by atoms with Crippen LogP contribution in [0, 0.1) is 0 Å². The zero-order valence-electron chi connectivity index (χ0n) is 17.0. The first-order valence-electron chi connectivity index (χ1n) is 10.3. The molecular weight excluding hydrogens is 386 g/mol. The number of fused-ring (bicyclic) bond motifs is 1. The molecule has 0 saturated heterocycles. The number of allylic oxidation sites excluding steroid dienone is 1. The summed E-state index contributed by atoms with van der Waals surface area (Å²) in [5.41, 5.74) is 6.46. The van der Waals surface area contributed by atoms with E-state index in [0.717, 1.165) is 53.4 Å². The van der Waals surface area contributed by atoms with Crippen LogP contribution < -0.4 is 5.32 Å². The van der Waals surface area contributed by atoms with Crippen molar-refractivity contribution in [1.82, 2.24) is 10.2 Å². The Labute approximate surface area is 181 Å². The summed E-state index contributed by atoms with van der Waals surface area (Å²) >= 11 is 0. The fraction of sp³-hybridized carbons (Fsp3) is 0.115. The molecular formula is C26H23N3O2. The first kappa shape index (κ1) is 19.0. The average Bonchev–Trinajstić information content (AvgIpc) is 3.19. The first-order valence-corrected chi connectivity index (χ1v) is 10.3. The van der Waals surface area contributed by atoms with E-state index >= 15 is 0 Å². The molecule has 0 aliphatic carbocycles. The van der Waals surface area contributed by atoms with Crippen LogP contribution in [0.5, 0.6) is 11.5 Å². The third-order valence-corrected chi connectivity index (χ3v) is 5.48. The second-order valence-corrected chi connectivity index (χ2v) is 7.83. The second kappa shape index (κ2) is 8.03. The molecule has 0 amide bonds. The zero-order chi connectivity index (χ0) is 21.2. The van der Waals surface area contributed by atoms with Crippen molar-refractivity contribution < 1.29 is 10.2 Å². The van der Waals surface area contributed by atoms with E-state index < -0.39 is 0 Å². The quantitative estimate of drug-likeness (QED) is 0.584. The van der Waals surface area contributed by atoms with E-state index in [9.17, 15) is 10.2 Å². The summed E-state index contributed by atoms with van der Waals surface area (Å²) in [6.45, 7) is 0.720. The molecule has 5 heteroatoms. The van der Waals surface area contributed by atoms with Crippen LogP contribution >= 0.6 is 0 Å². The fourth-order valence-corrected chi connectivity index (χ4v) is 3.93. The molecule has 0 spiro atoms. The molecule has 0 fully saturated rings. The van der Waals surface area contributed by atoms with Crippen molar-refractivity contribution >= 4 is 11.4 Å². The van der Waals surface area contributed by atoms with Crippen LogP contribution in [0.2, 0.25) is 0 Å². The van der Waals surface area contributed by atoms with Crippen molar-refractivity contribution in [3.63, 3.8) is 0 Å². The van der Waals surface area contributed by atoms with Crippen LogP contribution in [-0.4, -0.2) is 27.4 Å². The van der Waals surface area contributed by atoms with Crippen molar-refractivity contribution in [1.29, 1.82) is 0 Å². The Balaban J connectivity index is 1.46. The number of aromatic hydroxyl groups is 2. The van der Waals surface area contributed by atoms with Gasteiger partial charge in [-0.05, 0) is 53.1 Å². The van der Waals surface area contributed by atoms with Crippen LogP contribution in [0.3, 0.4) is 0 Å². The Bertz CT molecular complexity index is 1180. The number of nitrogens with zero attached hydrogens (tertiary/aromatic N) is 2. The Morgan fingerprint density at radius 2 is 1.42 bits per heavy atom. The Kier molecular flexibility index (Phi) is 4.92. The van der Waals surface area contributed by atoms with E-state index in [-0.39, 0.29) is 11.5 Å². The lowest BCUT2D eigenvalue weighted by molar-refractivity contribution is 0.474. The third-order valence-electron chi connectivity index (χ3n) is 5.48. The summed E-state index contributed by atoms with van der Waals surface area (Å²) in [6, 6.07) is 24.9. The lowest BCUT2D eigenvalue weighted by atomic mass is 10.1. The predicted octanol–water partition coefficient (Wildman–Crippen LogP) is 4.41. The van der Waals surface area contributed by atoms with Gasteiger partial charge in [0, 0.05) is 24.8 Å². The van der Waals surface area contributed by atoms with E-state index in [4.69, 9.17) is 4.99 Å². The molecule has 0 bridgehead atoms. The largest absolute Gasteiger partial charge is 0.508 e. The predicted molar refractivity (Wildman–Crippen MR) is 122 cm³/mol. The maximum Gasteiger partial charge on any atom is 0.152 e. The number of phenols is 2. The molecule has 2 aliphatic heterocycles. The van der Waals surface area contributed by atoms with Crippen LogP contribution in [0.25, 0.3) is 5.70 Å². The Morgan fingerprint density at radius 1 is 0.774 bits per heavy atom. The molecule has 0 unspecified atom stereocenters. The monoisotopic (exact) mass is 409 g/mol. The number of hydrogen-bond acceptors (Lipinski definition) is 5. The fourth-order valence-electron chi connectivity index (χ4n) is 3.93. The van der Waals surface area contributed by atoms with E-state index in [0.29, 0.717) is 0 Å². The minimum atomic E-state index is 0.251. The zero-order valence-corrected chi connectivity index (χ0v) is 17.0. The normalized spacial score (nSPS) is 15.3. The van der Waals surface area contributed by atoms with Gasteiger partial charge < -0.3 is 20.4 Å². The topological polar surface area (TPSA) is 68.1 Å². The van der Waals surface area contributed by atoms with Crippen molar-refractivity contribution in [3.8, 4) is 11.5 Å². The van der Waals surface area contributed by atoms with Gasteiger partial charge >= 0.3 is 0 Å². The minimum Gasteiger partial charge on any atom is -0.508 e. The lowest BCUT2D eigenvalue weighted by Gasteiger charge is -2.27. The van der Waals surface area contributed by atoms with Gasteiger partial charge in [-0.1, -0.05) is 42.5 Å². The highest BCUT2D eigenvalue weighted by Crippen LogP contribution is 2.30. The highest BCUT2D eigenvalue weighted by atomic mass is 16.3. The van der Waals surface area contributed by atoms with E-state index in [1.807, 2.05) is 42.5 Å². The number of benzene rings is 3. The number of nitrogens with one attached hydrogen (secondary N) is 1. The summed E-state index contributed by atoms with van der Waals surface area (Å²) in [6.07, 6.45) is 3.57. The molecule has 0 radical (unpaired) electrons. The minimum absolute atomic E-state index is 0.251.